The Hall–Kier alpha value is -4.57. The number of aromatic amines is 2. The van der Waals surface area contributed by atoms with Gasteiger partial charge in [-0.3, -0.25) is 25.0 Å². The van der Waals surface area contributed by atoms with Crippen LogP contribution in [0, 0.1) is 11.6 Å². The third-order valence-electron chi connectivity index (χ3n) is 6.97. The Labute approximate surface area is 215 Å². The molecule has 8 nitrogen and oxygen atoms in total. The molecule has 0 unspecified atom stereocenters. The average molecular weight is 509 g/mol. The van der Waals surface area contributed by atoms with Crippen LogP contribution in [0.3, 0.4) is 0 Å². The van der Waals surface area contributed by atoms with Crippen LogP contribution in [-0.4, -0.2) is 53.1 Å². The Balaban J connectivity index is 1.31. The smallest absolute Gasteiger partial charge is 0.161 e. The summed E-state index contributed by atoms with van der Waals surface area (Å²) in [7, 11) is 0. The fourth-order valence-corrected chi connectivity index (χ4v) is 5.16. The van der Waals surface area contributed by atoms with E-state index >= 15 is 4.39 Å². The van der Waals surface area contributed by atoms with Gasteiger partial charge in [-0.1, -0.05) is 12.1 Å². The summed E-state index contributed by atoms with van der Waals surface area (Å²) >= 11 is 0. The first-order valence-electron chi connectivity index (χ1n) is 12.4. The molecule has 188 valence electrons. The van der Waals surface area contributed by atoms with Crippen molar-refractivity contribution in [2.24, 2.45) is 0 Å². The first kappa shape index (κ1) is 22.6. The number of nitrogens with one attached hydrogen (secondary N) is 2. The highest BCUT2D eigenvalue weighted by atomic mass is 19.1. The first-order chi connectivity index (χ1) is 18.6. The molecule has 1 aliphatic rings. The minimum absolute atomic E-state index is 0.203. The van der Waals surface area contributed by atoms with Gasteiger partial charge < -0.3 is 4.98 Å². The Morgan fingerprint density at radius 1 is 0.868 bits per heavy atom. The van der Waals surface area contributed by atoms with E-state index in [9.17, 15) is 4.39 Å². The molecule has 2 N–H and O–H groups in total. The maximum absolute atomic E-state index is 16.1. The van der Waals surface area contributed by atoms with Crippen molar-refractivity contribution < 1.29 is 8.78 Å². The molecule has 38 heavy (non-hydrogen) atoms. The van der Waals surface area contributed by atoms with Gasteiger partial charge in [-0.2, -0.15) is 5.10 Å². The zero-order valence-corrected chi connectivity index (χ0v) is 20.2. The zero-order valence-electron chi connectivity index (χ0n) is 20.2. The average Bonchev–Trinajstić information content (AvgIpc) is 3.68. The lowest BCUT2D eigenvalue weighted by atomic mass is 10.1. The van der Waals surface area contributed by atoms with E-state index in [1.54, 1.807) is 36.9 Å². The molecule has 10 heteroatoms. The highest BCUT2D eigenvalue weighted by Crippen LogP contribution is 2.34. The Bertz CT molecular complexity index is 1800. The van der Waals surface area contributed by atoms with Crippen molar-refractivity contribution in [2.75, 3.05) is 13.1 Å². The molecule has 6 aromatic rings. The third kappa shape index (κ3) is 3.90. The standard InChI is InChI=1S/C28H22F2N8/c29-19-5-3-4-17(9-19)20-12-32-13-22-26(20)35-28(34-22)27-23-21(36-37-27)14-33-25(24(23)30)18-8-16(10-31-11-18)15-38-6-1-2-7-38/h3-5,8-14H,1-2,6-7,15H2,(H,34,35)(H,36,37). The number of imidazole rings is 1. The molecule has 0 radical (unpaired) electrons. The number of halogens is 2. The monoisotopic (exact) mass is 508 g/mol. The van der Waals surface area contributed by atoms with Crippen LogP contribution in [0.15, 0.2) is 61.3 Å². The fraction of sp³-hybridized carbons (Fsp3) is 0.179. The summed E-state index contributed by atoms with van der Waals surface area (Å²) in [6.45, 7) is 2.91. The minimum Gasteiger partial charge on any atom is -0.335 e. The number of fused-ring (bicyclic) bond motifs is 2. The van der Waals surface area contributed by atoms with Crippen LogP contribution in [0.5, 0.6) is 0 Å². The maximum atomic E-state index is 16.1. The number of H-pyrrole nitrogens is 2. The van der Waals surface area contributed by atoms with Crippen LogP contribution in [0.4, 0.5) is 8.78 Å². The van der Waals surface area contributed by atoms with E-state index in [2.05, 4.69) is 35.0 Å². The summed E-state index contributed by atoms with van der Waals surface area (Å²) in [6, 6.07) is 8.19. The molecule has 0 bridgehead atoms. The van der Waals surface area contributed by atoms with Crippen molar-refractivity contribution in [1.82, 2.24) is 40.0 Å². The van der Waals surface area contributed by atoms with Gasteiger partial charge >= 0.3 is 0 Å². The summed E-state index contributed by atoms with van der Waals surface area (Å²) in [5, 5.41) is 7.50. The number of likely N-dealkylation sites (tertiary alicyclic amines) is 1. The highest BCUT2D eigenvalue weighted by molar-refractivity contribution is 5.97. The lowest BCUT2D eigenvalue weighted by molar-refractivity contribution is 0.331. The molecule has 7 rings (SSSR count). The molecule has 0 spiro atoms. The normalized spacial score (nSPS) is 14.2. The van der Waals surface area contributed by atoms with E-state index in [-0.39, 0.29) is 16.9 Å². The lowest BCUT2D eigenvalue weighted by Gasteiger charge is -2.14. The molecule has 0 atom stereocenters. The second kappa shape index (κ2) is 9.07. The van der Waals surface area contributed by atoms with E-state index in [0.717, 1.165) is 25.2 Å². The third-order valence-corrected chi connectivity index (χ3v) is 6.97. The summed E-state index contributed by atoms with van der Waals surface area (Å²) in [5.41, 5.74) is 5.13. The predicted molar refractivity (Wildman–Crippen MR) is 140 cm³/mol. The lowest BCUT2D eigenvalue weighted by Crippen LogP contribution is -2.18. The van der Waals surface area contributed by atoms with Gasteiger partial charge in [0.15, 0.2) is 11.6 Å². The SMILES string of the molecule is Fc1cccc(-c2cncc3[nH]c(-c4n[nH]c5cnc(-c6cncc(CN7CCCC7)c6)c(F)c45)nc23)c1. The van der Waals surface area contributed by atoms with Gasteiger partial charge in [-0.15, -0.1) is 0 Å². The van der Waals surface area contributed by atoms with E-state index in [1.165, 1.54) is 25.0 Å². The molecule has 1 aromatic carbocycles. The Morgan fingerprint density at radius 3 is 2.61 bits per heavy atom. The van der Waals surface area contributed by atoms with Gasteiger partial charge in [0.25, 0.3) is 0 Å². The van der Waals surface area contributed by atoms with Crippen LogP contribution in [0.1, 0.15) is 18.4 Å². The Morgan fingerprint density at radius 2 is 1.74 bits per heavy atom. The molecule has 0 saturated carbocycles. The van der Waals surface area contributed by atoms with Crippen LogP contribution >= 0.6 is 0 Å². The summed E-state index contributed by atoms with van der Waals surface area (Å²) < 4.78 is 29.9. The number of pyridine rings is 3. The van der Waals surface area contributed by atoms with Gasteiger partial charge in [-0.25, -0.2) is 13.8 Å². The second-order valence-corrected chi connectivity index (χ2v) is 9.53. The highest BCUT2D eigenvalue weighted by Gasteiger charge is 2.22. The molecule has 0 aliphatic carbocycles. The summed E-state index contributed by atoms with van der Waals surface area (Å²) in [5.74, 6) is -0.487. The number of nitrogens with zero attached hydrogens (tertiary/aromatic N) is 6. The first-order valence-corrected chi connectivity index (χ1v) is 12.4. The maximum Gasteiger partial charge on any atom is 0.161 e. The van der Waals surface area contributed by atoms with E-state index in [1.807, 2.05) is 12.3 Å². The zero-order chi connectivity index (χ0) is 25.6. The van der Waals surface area contributed by atoms with Crippen molar-refractivity contribution in [2.45, 2.75) is 19.4 Å². The van der Waals surface area contributed by atoms with Crippen molar-refractivity contribution >= 4 is 21.9 Å². The topological polar surface area (TPSA) is 99.3 Å². The molecule has 6 heterocycles. The number of rotatable bonds is 5. The van der Waals surface area contributed by atoms with Gasteiger partial charge in [0.05, 0.1) is 34.3 Å². The summed E-state index contributed by atoms with van der Waals surface area (Å²) in [4.78, 5) is 23.3. The van der Waals surface area contributed by atoms with Crippen molar-refractivity contribution in [3.63, 3.8) is 0 Å². The summed E-state index contributed by atoms with van der Waals surface area (Å²) in [6.07, 6.45) is 10.7. The predicted octanol–water partition coefficient (Wildman–Crippen LogP) is 5.50. The van der Waals surface area contributed by atoms with Crippen molar-refractivity contribution in [3.05, 3.63) is 78.5 Å². The molecular formula is C28H22F2N8. The van der Waals surface area contributed by atoms with Crippen LogP contribution in [-0.2, 0) is 6.54 Å². The van der Waals surface area contributed by atoms with E-state index in [4.69, 9.17) is 4.98 Å². The van der Waals surface area contributed by atoms with Gasteiger partial charge in [0.2, 0.25) is 0 Å². The molecule has 0 amide bonds. The van der Waals surface area contributed by atoms with Crippen molar-refractivity contribution in [3.8, 4) is 33.9 Å². The number of aromatic nitrogens is 7. The van der Waals surface area contributed by atoms with Crippen LogP contribution in [0.2, 0.25) is 0 Å². The number of hydrogen-bond donors (Lipinski definition) is 2. The second-order valence-electron chi connectivity index (χ2n) is 9.53. The minimum atomic E-state index is -0.504. The van der Waals surface area contributed by atoms with E-state index in [0.29, 0.717) is 44.8 Å². The molecular weight excluding hydrogens is 486 g/mol. The number of benzene rings is 1. The van der Waals surface area contributed by atoms with Gasteiger partial charge in [0, 0.05) is 36.3 Å². The Kier molecular flexibility index (Phi) is 5.40. The van der Waals surface area contributed by atoms with Crippen molar-refractivity contribution in [1.29, 1.82) is 0 Å². The molecule has 1 aliphatic heterocycles. The largest absolute Gasteiger partial charge is 0.335 e. The quantitative estimate of drug-likeness (QED) is 0.319. The van der Waals surface area contributed by atoms with Gasteiger partial charge in [-0.05, 0) is 55.3 Å². The fourth-order valence-electron chi connectivity index (χ4n) is 5.16. The molecule has 1 fully saturated rings. The van der Waals surface area contributed by atoms with E-state index < -0.39 is 5.82 Å². The van der Waals surface area contributed by atoms with Gasteiger partial charge in [0.1, 0.15) is 17.2 Å². The van der Waals surface area contributed by atoms with Crippen LogP contribution in [0.25, 0.3) is 55.8 Å². The number of hydrogen-bond acceptors (Lipinski definition) is 6. The van der Waals surface area contributed by atoms with Crippen LogP contribution < -0.4 is 0 Å². The molecule has 5 aromatic heterocycles. The molecule has 1 saturated heterocycles.